The quantitative estimate of drug-likeness (QED) is 0.352. The largest absolute Gasteiger partial charge is 0.494 e. The number of methoxy groups -OCH3 is 1. The number of alkyl halides is 2. The molecule has 0 bridgehead atoms. The van der Waals surface area contributed by atoms with Crippen molar-refractivity contribution >= 4 is 0 Å². The molecule has 0 N–H and O–H groups in total. The van der Waals surface area contributed by atoms with Gasteiger partial charge in [-0.3, -0.25) is 0 Å². The number of hydrogen-bond donors (Lipinski definition) is 0. The smallest absolute Gasteiger partial charge is 0.248 e. The van der Waals surface area contributed by atoms with Gasteiger partial charge < -0.3 is 4.74 Å². The van der Waals surface area contributed by atoms with Crippen molar-refractivity contribution < 1.29 is 22.3 Å². The Morgan fingerprint density at radius 2 is 1.24 bits per heavy atom. The highest BCUT2D eigenvalue weighted by Gasteiger charge is 2.37. The van der Waals surface area contributed by atoms with Gasteiger partial charge in [0.2, 0.25) is 11.7 Å². The molecule has 3 saturated carbocycles. The van der Waals surface area contributed by atoms with Crippen LogP contribution >= 0.6 is 0 Å². The second kappa shape index (κ2) is 11.2. The van der Waals surface area contributed by atoms with Crippen LogP contribution in [0.25, 0.3) is 0 Å². The predicted octanol–water partition coefficient (Wildman–Crippen LogP) is 9.30. The summed E-state index contributed by atoms with van der Waals surface area (Å²) < 4.78 is 60.6. The standard InChI is InChI=1S/C29H42F4O/c1-29(32,33)24-15-7-20(8-16-24)4-3-19-5-9-21(10-6-19)22-11-13-23(14-12-22)25-17-18-26(34-2)28(31)27(25)30/h17-24H,3-16H2,1-2H3. The first kappa shape index (κ1) is 25.8. The Balaban J connectivity index is 1.17. The van der Waals surface area contributed by atoms with Crippen LogP contribution < -0.4 is 4.74 Å². The van der Waals surface area contributed by atoms with Crippen LogP contribution in [-0.4, -0.2) is 13.0 Å². The lowest BCUT2D eigenvalue weighted by atomic mass is 9.67. The Kier molecular flexibility index (Phi) is 8.51. The molecule has 0 aliphatic heterocycles. The van der Waals surface area contributed by atoms with Crippen LogP contribution in [0.5, 0.6) is 5.75 Å². The van der Waals surface area contributed by atoms with Crippen LogP contribution in [0.4, 0.5) is 17.6 Å². The summed E-state index contributed by atoms with van der Waals surface area (Å²) in [6, 6.07) is 3.25. The molecule has 0 heterocycles. The van der Waals surface area contributed by atoms with Gasteiger partial charge in [-0.25, -0.2) is 13.2 Å². The summed E-state index contributed by atoms with van der Waals surface area (Å²) in [6.45, 7) is 1.08. The minimum Gasteiger partial charge on any atom is -0.494 e. The summed E-state index contributed by atoms with van der Waals surface area (Å²) in [5.74, 6) is -1.50. The lowest BCUT2D eigenvalue weighted by Crippen LogP contribution is -2.29. The van der Waals surface area contributed by atoms with Crippen molar-refractivity contribution in [3.05, 3.63) is 29.3 Å². The van der Waals surface area contributed by atoms with Crippen LogP contribution in [0.3, 0.4) is 0 Å². The monoisotopic (exact) mass is 482 g/mol. The Labute approximate surface area is 203 Å². The zero-order valence-electron chi connectivity index (χ0n) is 20.9. The zero-order valence-corrected chi connectivity index (χ0v) is 20.9. The van der Waals surface area contributed by atoms with Gasteiger partial charge >= 0.3 is 0 Å². The molecule has 0 saturated heterocycles. The zero-order chi connectivity index (χ0) is 24.3. The average Bonchev–Trinajstić information content (AvgIpc) is 2.85. The fourth-order valence-electron chi connectivity index (χ4n) is 7.30. The highest BCUT2D eigenvalue weighted by Crippen LogP contribution is 2.46. The van der Waals surface area contributed by atoms with Gasteiger partial charge in [0.05, 0.1) is 7.11 Å². The third-order valence-electron chi connectivity index (χ3n) is 9.61. The molecule has 3 aliphatic carbocycles. The molecular formula is C29H42F4O. The molecule has 0 atom stereocenters. The molecule has 0 unspecified atom stereocenters. The van der Waals surface area contributed by atoms with E-state index >= 15 is 0 Å². The van der Waals surface area contributed by atoms with E-state index in [9.17, 15) is 17.6 Å². The van der Waals surface area contributed by atoms with Gasteiger partial charge in [0.25, 0.3) is 0 Å². The molecule has 0 radical (unpaired) electrons. The van der Waals surface area contributed by atoms with Crippen LogP contribution in [0, 0.1) is 41.2 Å². The fraction of sp³-hybridized carbons (Fsp3) is 0.793. The third kappa shape index (κ3) is 6.10. The van der Waals surface area contributed by atoms with Gasteiger partial charge in [0.1, 0.15) is 0 Å². The second-order valence-corrected chi connectivity index (χ2v) is 11.6. The van der Waals surface area contributed by atoms with E-state index in [1.807, 2.05) is 0 Å². The number of halogens is 4. The van der Waals surface area contributed by atoms with Crippen molar-refractivity contribution in [3.8, 4) is 5.75 Å². The molecular weight excluding hydrogens is 440 g/mol. The summed E-state index contributed by atoms with van der Waals surface area (Å²) in [5, 5.41) is 0. The SMILES string of the molecule is COc1ccc(C2CCC(C3CCC(CCC4CCC(C(C)(F)F)CC4)CC3)CC2)c(F)c1F. The molecule has 1 aromatic carbocycles. The number of hydrogen-bond acceptors (Lipinski definition) is 1. The minimum absolute atomic E-state index is 0.0260. The van der Waals surface area contributed by atoms with Gasteiger partial charge in [0, 0.05) is 5.92 Å². The maximum absolute atomic E-state index is 14.5. The van der Waals surface area contributed by atoms with E-state index in [1.54, 1.807) is 12.1 Å². The van der Waals surface area contributed by atoms with Gasteiger partial charge in [0.15, 0.2) is 11.6 Å². The maximum Gasteiger partial charge on any atom is 0.248 e. The van der Waals surface area contributed by atoms with E-state index in [0.29, 0.717) is 30.2 Å². The second-order valence-electron chi connectivity index (χ2n) is 11.6. The lowest BCUT2D eigenvalue weighted by molar-refractivity contribution is -0.0584. The van der Waals surface area contributed by atoms with Gasteiger partial charge in [-0.1, -0.05) is 31.7 Å². The van der Waals surface area contributed by atoms with Crippen LogP contribution in [0.15, 0.2) is 12.1 Å². The van der Waals surface area contributed by atoms with Crippen LogP contribution in [-0.2, 0) is 0 Å². The summed E-state index contributed by atoms with van der Waals surface area (Å²) in [4.78, 5) is 0. The van der Waals surface area contributed by atoms with E-state index in [2.05, 4.69) is 0 Å². The Morgan fingerprint density at radius 1 is 0.735 bits per heavy atom. The Bertz CT molecular complexity index is 780. The molecule has 0 aromatic heterocycles. The average molecular weight is 483 g/mol. The van der Waals surface area contributed by atoms with Gasteiger partial charge in [-0.05, 0) is 112 Å². The number of ether oxygens (including phenoxy) is 1. The molecule has 1 aromatic rings. The number of rotatable bonds is 7. The first-order chi connectivity index (χ1) is 16.3. The molecule has 1 nitrogen and oxygen atoms in total. The van der Waals surface area contributed by atoms with Crippen LogP contribution in [0.2, 0.25) is 0 Å². The first-order valence-corrected chi connectivity index (χ1v) is 13.7. The minimum atomic E-state index is -2.51. The van der Waals surface area contributed by atoms with Crippen LogP contribution in [0.1, 0.15) is 108 Å². The van der Waals surface area contributed by atoms with E-state index in [-0.39, 0.29) is 11.7 Å². The third-order valence-corrected chi connectivity index (χ3v) is 9.61. The van der Waals surface area contributed by atoms with Crippen molar-refractivity contribution in [1.29, 1.82) is 0 Å². The molecule has 192 valence electrons. The summed E-state index contributed by atoms with van der Waals surface area (Å²) in [6.07, 6.45) is 15.1. The molecule has 4 rings (SSSR count). The first-order valence-electron chi connectivity index (χ1n) is 13.7. The van der Waals surface area contributed by atoms with Gasteiger partial charge in [-0.2, -0.15) is 4.39 Å². The molecule has 0 amide bonds. The highest BCUT2D eigenvalue weighted by atomic mass is 19.3. The van der Waals surface area contributed by atoms with E-state index in [0.717, 1.165) is 57.3 Å². The topological polar surface area (TPSA) is 9.23 Å². The molecule has 3 aliphatic rings. The predicted molar refractivity (Wildman–Crippen MR) is 128 cm³/mol. The van der Waals surface area contributed by atoms with Crippen molar-refractivity contribution in [2.45, 2.75) is 109 Å². The molecule has 0 spiro atoms. The molecule has 34 heavy (non-hydrogen) atoms. The highest BCUT2D eigenvalue weighted by molar-refractivity contribution is 5.33. The summed E-state index contributed by atoms with van der Waals surface area (Å²) in [7, 11) is 1.36. The van der Waals surface area contributed by atoms with Crippen molar-refractivity contribution in [1.82, 2.24) is 0 Å². The van der Waals surface area contributed by atoms with Crippen molar-refractivity contribution in [3.63, 3.8) is 0 Å². The lowest BCUT2D eigenvalue weighted by Gasteiger charge is -2.38. The van der Waals surface area contributed by atoms with Crippen molar-refractivity contribution in [2.24, 2.45) is 29.6 Å². The fourth-order valence-corrected chi connectivity index (χ4v) is 7.30. The van der Waals surface area contributed by atoms with E-state index in [4.69, 9.17) is 4.74 Å². The van der Waals surface area contributed by atoms with Crippen molar-refractivity contribution in [2.75, 3.05) is 7.11 Å². The molecule has 3 fully saturated rings. The number of benzene rings is 1. The van der Waals surface area contributed by atoms with E-state index < -0.39 is 23.5 Å². The van der Waals surface area contributed by atoms with Gasteiger partial charge in [-0.15, -0.1) is 0 Å². The maximum atomic E-state index is 14.5. The Morgan fingerprint density at radius 3 is 1.74 bits per heavy atom. The summed E-state index contributed by atoms with van der Waals surface area (Å²) in [5.41, 5.74) is 0.511. The normalized spacial score (nSPS) is 33.0. The molecule has 5 heteroatoms. The Hall–Kier alpha value is -1.26. The summed E-state index contributed by atoms with van der Waals surface area (Å²) >= 11 is 0. The van der Waals surface area contributed by atoms with E-state index in [1.165, 1.54) is 45.6 Å².